The van der Waals surface area contributed by atoms with Gasteiger partial charge < -0.3 is 24.8 Å². The van der Waals surface area contributed by atoms with E-state index in [0.29, 0.717) is 51.3 Å². The SMILES string of the molecule is Cc1ccc2ccccc2c1N1CCCc2c(C=CC(=O)N3CCN[C@@H](CC#N)C3)nc(OC[C@@H]3CCCN3C)nc2C1. The third-order valence-electron chi connectivity index (χ3n) is 9.08. The molecule has 2 atom stereocenters. The number of carbonyl (C=O) groups is 1. The van der Waals surface area contributed by atoms with Crippen LogP contribution in [0.3, 0.4) is 0 Å². The first-order chi connectivity index (χ1) is 21.0. The molecule has 2 saturated heterocycles. The molecule has 0 aliphatic carbocycles. The van der Waals surface area contributed by atoms with Gasteiger partial charge in [0.2, 0.25) is 5.91 Å². The summed E-state index contributed by atoms with van der Waals surface area (Å²) in [6, 6.07) is 15.9. The lowest BCUT2D eigenvalue weighted by Crippen LogP contribution is -2.52. The van der Waals surface area contributed by atoms with Crippen LogP contribution < -0.4 is 15.0 Å². The van der Waals surface area contributed by atoms with Crippen molar-refractivity contribution >= 4 is 28.4 Å². The van der Waals surface area contributed by atoms with Crippen LogP contribution in [0.25, 0.3) is 16.8 Å². The van der Waals surface area contributed by atoms with Crippen molar-refractivity contribution in [1.29, 1.82) is 5.26 Å². The Morgan fingerprint density at radius 1 is 1.16 bits per heavy atom. The summed E-state index contributed by atoms with van der Waals surface area (Å²) >= 11 is 0. The Morgan fingerprint density at radius 2 is 2.05 bits per heavy atom. The predicted octanol–water partition coefficient (Wildman–Crippen LogP) is 4.09. The lowest BCUT2D eigenvalue weighted by Gasteiger charge is -2.32. The third-order valence-corrected chi connectivity index (χ3v) is 9.08. The normalized spacial score (nSPS) is 21.1. The van der Waals surface area contributed by atoms with Crippen LogP contribution in [0.1, 0.15) is 48.2 Å². The predicted molar refractivity (Wildman–Crippen MR) is 169 cm³/mol. The summed E-state index contributed by atoms with van der Waals surface area (Å²) in [7, 11) is 2.14. The number of ether oxygens (including phenoxy) is 1. The smallest absolute Gasteiger partial charge is 0.317 e. The van der Waals surface area contributed by atoms with Gasteiger partial charge >= 0.3 is 6.01 Å². The summed E-state index contributed by atoms with van der Waals surface area (Å²) in [4.78, 5) is 29.7. The first kappa shape index (κ1) is 29.1. The second-order valence-corrected chi connectivity index (χ2v) is 12.0. The molecule has 3 aromatic rings. The van der Waals surface area contributed by atoms with Crippen LogP contribution in [0.4, 0.5) is 5.69 Å². The van der Waals surface area contributed by atoms with Crippen LogP contribution in [-0.2, 0) is 17.8 Å². The molecule has 1 N–H and O–H groups in total. The Labute approximate surface area is 254 Å². The van der Waals surface area contributed by atoms with Crippen molar-refractivity contribution in [3.05, 3.63) is 65.0 Å². The number of aromatic nitrogens is 2. The van der Waals surface area contributed by atoms with Crippen molar-refractivity contribution < 1.29 is 9.53 Å². The number of nitrogens with zero attached hydrogens (tertiary/aromatic N) is 6. The first-order valence-corrected chi connectivity index (χ1v) is 15.5. The van der Waals surface area contributed by atoms with Gasteiger partial charge in [-0.3, -0.25) is 4.79 Å². The largest absolute Gasteiger partial charge is 0.462 e. The number of amides is 1. The number of piperazine rings is 1. The zero-order valence-corrected chi connectivity index (χ0v) is 25.3. The van der Waals surface area contributed by atoms with E-state index in [-0.39, 0.29) is 11.9 Å². The Morgan fingerprint density at radius 3 is 2.88 bits per heavy atom. The average Bonchev–Trinajstić information content (AvgIpc) is 3.31. The topological polar surface area (TPSA) is 97.6 Å². The number of anilines is 1. The van der Waals surface area contributed by atoms with Crippen LogP contribution in [0.2, 0.25) is 0 Å². The zero-order valence-electron chi connectivity index (χ0n) is 25.3. The summed E-state index contributed by atoms with van der Waals surface area (Å²) < 4.78 is 6.26. The van der Waals surface area contributed by atoms with E-state index < -0.39 is 0 Å². The number of nitrogens with one attached hydrogen (secondary N) is 1. The number of fused-ring (bicyclic) bond motifs is 2. The Bertz CT molecular complexity index is 1550. The molecule has 3 aliphatic rings. The highest BCUT2D eigenvalue weighted by atomic mass is 16.5. The van der Waals surface area contributed by atoms with Crippen molar-refractivity contribution in [3.63, 3.8) is 0 Å². The van der Waals surface area contributed by atoms with E-state index >= 15 is 0 Å². The number of carbonyl (C=O) groups excluding carboxylic acids is 1. The molecule has 1 amide bonds. The Kier molecular flexibility index (Phi) is 8.87. The molecule has 0 spiro atoms. The number of aryl methyl sites for hydroxylation is 1. The second-order valence-electron chi connectivity index (χ2n) is 12.0. The van der Waals surface area contributed by atoms with Gasteiger partial charge in [-0.15, -0.1) is 0 Å². The number of likely N-dealkylation sites (tertiary alicyclic amines) is 1. The highest BCUT2D eigenvalue weighted by molar-refractivity contribution is 5.96. The minimum atomic E-state index is -0.0616. The molecule has 0 saturated carbocycles. The van der Waals surface area contributed by atoms with Crippen molar-refractivity contribution in [3.8, 4) is 12.1 Å². The number of hydrogen-bond acceptors (Lipinski definition) is 8. The minimum Gasteiger partial charge on any atom is -0.462 e. The lowest BCUT2D eigenvalue weighted by molar-refractivity contribution is -0.127. The fourth-order valence-corrected chi connectivity index (χ4v) is 6.70. The molecule has 0 unspecified atom stereocenters. The van der Waals surface area contributed by atoms with E-state index in [0.717, 1.165) is 49.3 Å². The van der Waals surface area contributed by atoms with Gasteiger partial charge in [0.25, 0.3) is 0 Å². The molecule has 0 bridgehead atoms. The Hall–Kier alpha value is -4.00. The monoisotopic (exact) mass is 579 g/mol. The second kappa shape index (κ2) is 13.1. The quantitative estimate of drug-likeness (QED) is 0.418. The zero-order chi connectivity index (χ0) is 29.8. The highest BCUT2D eigenvalue weighted by Crippen LogP contribution is 2.34. The van der Waals surface area contributed by atoms with Gasteiger partial charge in [0.15, 0.2) is 0 Å². The summed E-state index contributed by atoms with van der Waals surface area (Å²) in [5, 5.41) is 14.9. The minimum absolute atomic E-state index is 0.00338. The maximum atomic E-state index is 13.2. The average molecular weight is 580 g/mol. The number of benzene rings is 2. The highest BCUT2D eigenvalue weighted by Gasteiger charge is 2.26. The van der Waals surface area contributed by atoms with Gasteiger partial charge in [-0.25, -0.2) is 0 Å². The molecule has 224 valence electrons. The first-order valence-electron chi connectivity index (χ1n) is 15.5. The number of hydrogen-bond donors (Lipinski definition) is 1. The van der Waals surface area contributed by atoms with Gasteiger partial charge in [0.05, 0.1) is 30.4 Å². The van der Waals surface area contributed by atoms with Gasteiger partial charge in [-0.05, 0) is 63.2 Å². The number of nitriles is 1. The van der Waals surface area contributed by atoms with Crippen molar-refractivity contribution in [2.24, 2.45) is 0 Å². The molecular formula is C34H41N7O2. The summed E-state index contributed by atoms with van der Waals surface area (Å²) in [5.74, 6) is -0.0616. The van der Waals surface area contributed by atoms with Crippen LogP contribution in [0, 0.1) is 18.3 Å². The van der Waals surface area contributed by atoms with Crippen molar-refractivity contribution in [1.82, 2.24) is 25.1 Å². The molecule has 0 radical (unpaired) electrons. The lowest BCUT2D eigenvalue weighted by atomic mass is 10.0. The molecule has 4 heterocycles. The molecule has 1 aromatic heterocycles. The van der Waals surface area contributed by atoms with E-state index in [9.17, 15) is 4.79 Å². The van der Waals surface area contributed by atoms with E-state index in [1.807, 2.05) is 11.0 Å². The fraction of sp³-hybridized carbons (Fsp3) is 0.471. The third kappa shape index (κ3) is 6.51. The van der Waals surface area contributed by atoms with E-state index in [2.05, 4.69) is 71.6 Å². The standard InChI is InChI=1S/C34H41N7O2/c1-24-11-12-25-7-3-4-9-28(25)33(24)41-19-6-10-29-30(13-14-32(42)40-20-17-36-26(21-40)15-16-35)37-34(38-31(29)22-41)43-23-27-8-5-18-39(27)2/h3-4,7,9,11-14,26-27,36H,5-6,8,10,15,17-23H2,1-2H3/t26-,27-/m0/s1. The summed E-state index contributed by atoms with van der Waals surface area (Å²) in [6.07, 6.45) is 7.92. The molecule has 2 fully saturated rings. The molecule has 9 heteroatoms. The van der Waals surface area contributed by atoms with E-state index in [1.54, 1.807) is 6.08 Å². The molecule has 43 heavy (non-hydrogen) atoms. The van der Waals surface area contributed by atoms with Crippen LogP contribution in [-0.4, -0.2) is 84.1 Å². The van der Waals surface area contributed by atoms with E-state index in [1.165, 1.54) is 28.4 Å². The fourth-order valence-electron chi connectivity index (χ4n) is 6.70. The summed E-state index contributed by atoms with van der Waals surface area (Å²) in [6.45, 7) is 7.19. The molecular weight excluding hydrogens is 538 g/mol. The summed E-state index contributed by atoms with van der Waals surface area (Å²) in [5.41, 5.74) is 5.29. The van der Waals surface area contributed by atoms with Gasteiger partial charge in [0, 0.05) is 61.0 Å². The van der Waals surface area contributed by atoms with Crippen LogP contribution in [0.15, 0.2) is 42.5 Å². The van der Waals surface area contributed by atoms with Gasteiger partial charge in [-0.2, -0.15) is 15.2 Å². The van der Waals surface area contributed by atoms with Crippen LogP contribution >= 0.6 is 0 Å². The molecule has 6 rings (SSSR count). The van der Waals surface area contributed by atoms with Crippen molar-refractivity contribution in [2.45, 2.75) is 57.7 Å². The number of likely N-dealkylation sites (N-methyl/N-ethyl adjacent to an activating group) is 1. The van der Waals surface area contributed by atoms with Gasteiger partial charge in [0.1, 0.15) is 6.61 Å². The molecule has 2 aromatic carbocycles. The molecule has 3 aliphatic heterocycles. The van der Waals surface area contributed by atoms with Crippen LogP contribution in [0.5, 0.6) is 6.01 Å². The van der Waals surface area contributed by atoms with E-state index in [4.69, 9.17) is 20.0 Å². The number of rotatable bonds is 7. The maximum Gasteiger partial charge on any atom is 0.317 e. The maximum absolute atomic E-state index is 13.2. The molecule has 9 nitrogen and oxygen atoms in total. The van der Waals surface area contributed by atoms with Gasteiger partial charge in [-0.1, -0.05) is 36.4 Å². The Balaban J connectivity index is 1.31. The van der Waals surface area contributed by atoms with Crippen molar-refractivity contribution in [2.75, 3.05) is 51.3 Å².